The number of hydrogen-bond acceptors (Lipinski definition) is 7. The number of alkyl halides is 1. The van der Waals surface area contributed by atoms with Gasteiger partial charge < -0.3 is 5.11 Å². The molecule has 0 aliphatic carbocycles. The molecule has 0 aliphatic heterocycles. The van der Waals surface area contributed by atoms with Crippen LogP contribution in [0.3, 0.4) is 0 Å². The van der Waals surface area contributed by atoms with Gasteiger partial charge in [0.05, 0.1) is 17.7 Å². The van der Waals surface area contributed by atoms with Crippen molar-refractivity contribution in [2.45, 2.75) is 13.3 Å². The zero-order valence-electron chi connectivity index (χ0n) is 29.5. The molecule has 9 nitrogen and oxygen atoms in total. The summed E-state index contributed by atoms with van der Waals surface area (Å²) in [6.07, 6.45) is 9.59. The lowest BCUT2D eigenvalue weighted by molar-refractivity contribution is 0.282. The highest BCUT2D eigenvalue weighted by molar-refractivity contribution is 5.71. The fourth-order valence-corrected chi connectivity index (χ4v) is 6.03. The van der Waals surface area contributed by atoms with Crippen LogP contribution in [0.4, 0.5) is 13.2 Å². The lowest BCUT2D eigenvalue weighted by Crippen LogP contribution is -2.20. The molecule has 0 bridgehead atoms. The molecule has 4 aromatic heterocycles. The average molecular weight is 749 g/mol. The van der Waals surface area contributed by atoms with E-state index in [0.29, 0.717) is 45.3 Å². The second-order valence-corrected chi connectivity index (χ2v) is 12.4. The number of hydrogen-bond donors (Lipinski definition) is 1. The molecule has 1 N–H and O–H groups in total. The van der Waals surface area contributed by atoms with Crippen molar-refractivity contribution in [1.29, 1.82) is 0 Å². The Morgan fingerprint density at radius 1 is 0.500 bits per heavy atom. The molecular weight excluding hydrogens is 718 g/mol. The highest BCUT2D eigenvalue weighted by Crippen LogP contribution is 2.27. The van der Waals surface area contributed by atoms with Crippen LogP contribution in [0.15, 0.2) is 168 Å². The van der Waals surface area contributed by atoms with Crippen LogP contribution in [0.1, 0.15) is 11.1 Å². The Morgan fingerprint density at radius 2 is 0.929 bits per heavy atom. The quantitative estimate of drug-likeness (QED) is 0.167. The zero-order chi connectivity index (χ0) is 39.0. The third kappa shape index (κ3) is 7.96. The largest absolute Gasteiger partial charge is 0.392 e. The van der Waals surface area contributed by atoms with Crippen molar-refractivity contribution in [3.8, 4) is 56.4 Å². The van der Waals surface area contributed by atoms with Crippen molar-refractivity contribution in [2.75, 3.05) is 0 Å². The minimum Gasteiger partial charge on any atom is -0.392 e. The standard InChI is InChI=1S/C22H15F2N3O.C22H16FN3O2/c23-13-15-5-3-6-17(11-15)27-14-16(21-25-9-4-10-26-21)12-19(22(27)28)18-7-1-2-8-20(18)24;23-20-8-2-1-7-18(20)19-12-16(21-24-9-4-10-25-21)13-26(22(19)28)17-6-3-5-15(11-17)14-27/h1-12,14H,13H2;1-13,27H,14H2. The van der Waals surface area contributed by atoms with Gasteiger partial charge in [0.2, 0.25) is 0 Å². The number of halogens is 3. The second kappa shape index (κ2) is 16.8. The van der Waals surface area contributed by atoms with E-state index in [1.54, 1.807) is 146 Å². The third-order valence-corrected chi connectivity index (χ3v) is 8.72. The first-order valence-corrected chi connectivity index (χ1v) is 17.3. The van der Waals surface area contributed by atoms with E-state index in [0.717, 1.165) is 0 Å². The number of nitrogens with zero attached hydrogens (tertiary/aromatic N) is 6. The summed E-state index contributed by atoms with van der Waals surface area (Å²) in [6.45, 7) is -0.797. The van der Waals surface area contributed by atoms with E-state index in [9.17, 15) is 27.9 Å². The van der Waals surface area contributed by atoms with Crippen LogP contribution >= 0.6 is 0 Å². The summed E-state index contributed by atoms with van der Waals surface area (Å²) in [6, 6.07) is 32.3. The Kier molecular flexibility index (Phi) is 11.1. The molecule has 0 aliphatic rings. The molecule has 4 heterocycles. The Hall–Kier alpha value is -7.31. The highest BCUT2D eigenvalue weighted by Gasteiger charge is 2.17. The first-order valence-electron chi connectivity index (χ1n) is 17.3. The van der Waals surface area contributed by atoms with Crippen LogP contribution in [0.2, 0.25) is 0 Å². The topological polar surface area (TPSA) is 116 Å². The van der Waals surface area contributed by atoms with E-state index in [2.05, 4.69) is 19.9 Å². The summed E-state index contributed by atoms with van der Waals surface area (Å²) in [5.74, 6) is -0.168. The van der Waals surface area contributed by atoms with Crippen LogP contribution in [-0.2, 0) is 13.3 Å². The zero-order valence-corrected chi connectivity index (χ0v) is 29.5. The van der Waals surface area contributed by atoms with Crippen LogP contribution in [0.25, 0.3) is 56.4 Å². The van der Waals surface area contributed by atoms with Gasteiger partial charge >= 0.3 is 0 Å². The summed E-state index contributed by atoms with van der Waals surface area (Å²) in [5, 5.41) is 9.42. The van der Waals surface area contributed by atoms with Gasteiger partial charge in [-0.3, -0.25) is 18.7 Å². The first-order chi connectivity index (χ1) is 27.3. The lowest BCUT2D eigenvalue weighted by atomic mass is 10.0. The summed E-state index contributed by atoms with van der Waals surface area (Å²) in [7, 11) is 0. The van der Waals surface area contributed by atoms with E-state index < -0.39 is 23.9 Å². The molecule has 0 unspecified atom stereocenters. The summed E-state index contributed by atoms with van der Waals surface area (Å²) < 4.78 is 44.7. The summed E-state index contributed by atoms with van der Waals surface area (Å²) >= 11 is 0. The Bertz CT molecular complexity index is 2570. The molecule has 8 rings (SSSR count). The van der Waals surface area contributed by atoms with Gasteiger partial charge in [-0.25, -0.2) is 33.1 Å². The maximum Gasteiger partial charge on any atom is 0.263 e. The molecule has 0 amide bonds. The molecule has 56 heavy (non-hydrogen) atoms. The molecule has 0 spiro atoms. The molecule has 0 fully saturated rings. The molecule has 8 aromatic rings. The van der Waals surface area contributed by atoms with Crippen molar-refractivity contribution in [1.82, 2.24) is 29.1 Å². The van der Waals surface area contributed by atoms with E-state index in [-0.39, 0.29) is 34.4 Å². The maximum atomic E-state index is 14.4. The number of aliphatic hydroxyl groups excluding tert-OH is 1. The molecule has 4 aromatic carbocycles. The summed E-state index contributed by atoms with van der Waals surface area (Å²) in [4.78, 5) is 43.3. The van der Waals surface area contributed by atoms with Crippen LogP contribution in [0.5, 0.6) is 0 Å². The smallest absolute Gasteiger partial charge is 0.263 e. The van der Waals surface area contributed by atoms with Crippen molar-refractivity contribution in [3.05, 3.63) is 202 Å². The molecular formula is C44H31F3N6O3. The number of aromatic nitrogens is 6. The van der Waals surface area contributed by atoms with Crippen molar-refractivity contribution in [2.24, 2.45) is 0 Å². The number of aliphatic hydroxyl groups is 1. The van der Waals surface area contributed by atoms with Gasteiger partial charge in [0.1, 0.15) is 18.3 Å². The van der Waals surface area contributed by atoms with E-state index in [1.807, 2.05) is 0 Å². The molecule has 0 atom stereocenters. The third-order valence-electron chi connectivity index (χ3n) is 8.72. The number of pyridine rings is 2. The number of rotatable bonds is 8. The Balaban J connectivity index is 0.000000172. The fourth-order valence-electron chi connectivity index (χ4n) is 6.03. The van der Waals surface area contributed by atoms with Gasteiger partial charge in [-0.1, -0.05) is 60.7 Å². The molecule has 0 radical (unpaired) electrons. The molecule has 0 saturated heterocycles. The van der Waals surface area contributed by atoms with Crippen LogP contribution in [0, 0.1) is 11.6 Å². The summed E-state index contributed by atoms with van der Waals surface area (Å²) in [5.41, 5.74) is 3.25. The monoisotopic (exact) mass is 748 g/mol. The van der Waals surface area contributed by atoms with Gasteiger partial charge in [-0.05, 0) is 71.8 Å². The van der Waals surface area contributed by atoms with Gasteiger partial charge in [-0.15, -0.1) is 0 Å². The second-order valence-electron chi connectivity index (χ2n) is 12.4. The average Bonchev–Trinajstić information content (AvgIpc) is 3.25. The predicted molar refractivity (Wildman–Crippen MR) is 208 cm³/mol. The lowest BCUT2D eigenvalue weighted by Gasteiger charge is -2.13. The molecule has 0 saturated carbocycles. The van der Waals surface area contributed by atoms with Crippen molar-refractivity contribution < 1.29 is 18.3 Å². The SMILES string of the molecule is O=c1c(-c2ccccc2F)cc(-c2ncccn2)cn1-c1cccc(CF)c1.O=c1c(-c2ccccc2F)cc(-c2ncccn2)cn1-c1cccc(CO)c1. The van der Waals surface area contributed by atoms with Gasteiger partial charge in [0.15, 0.2) is 11.6 Å². The van der Waals surface area contributed by atoms with E-state index in [4.69, 9.17) is 0 Å². The van der Waals surface area contributed by atoms with Crippen LogP contribution < -0.4 is 11.1 Å². The van der Waals surface area contributed by atoms with Crippen molar-refractivity contribution in [3.63, 3.8) is 0 Å². The minimum absolute atomic E-state index is 0.149. The van der Waals surface area contributed by atoms with Gasteiger partial charge in [0, 0.05) is 70.8 Å². The first kappa shape index (κ1) is 37.0. The van der Waals surface area contributed by atoms with Gasteiger partial charge in [0.25, 0.3) is 11.1 Å². The maximum absolute atomic E-state index is 14.4. The van der Waals surface area contributed by atoms with Crippen molar-refractivity contribution >= 4 is 0 Å². The predicted octanol–water partition coefficient (Wildman–Crippen LogP) is 8.16. The molecule has 276 valence electrons. The van der Waals surface area contributed by atoms with E-state index >= 15 is 0 Å². The van der Waals surface area contributed by atoms with Crippen LogP contribution in [-0.4, -0.2) is 34.2 Å². The Morgan fingerprint density at radius 3 is 1.36 bits per heavy atom. The minimum atomic E-state index is -0.649. The normalized spacial score (nSPS) is 10.8. The molecule has 12 heteroatoms. The Labute approximate surface area is 318 Å². The van der Waals surface area contributed by atoms with E-state index in [1.165, 1.54) is 21.3 Å². The highest BCUT2D eigenvalue weighted by atomic mass is 19.1. The van der Waals surface area contributed by atoms with Gasteiger partial charge in [-0.2, -0.15) is 0 Å². The number of benzene rings is 4. The fraction of sp³-hybridized carbons (Fsp3) is 0.0455.